The summed E-state index contributed by atoms with van der Waals surface area (Å²) in [6.45, 7) is 5.31. The van der Waals surface area contributed by atoms with Crippen molar-refractivity contribution >= 4 is 17.0 Å². The molecule has 1 unspecified atom stereocenters. The maximum absolute atomic E-state index is 10.2. The molecule has 0 saturated heterocycles. The number of benzene rings is 2. The molecule has 1 aliphatic rings. The van der Waals surface area contributed by atoms with E-state index in [9.17, 15) is 15.3 Å². The van der Waals surface area contributed by atoms with Gasteiger partial charge in [-0.3, -0.25) is 0 Å². The quantitative estimate of drug-likeness (QED) is 0.573. The van der Waals surface area contributed by atoms with Gasteiger partial charge in [0.2, 0.25) is 0 Å². The molecule has 3 rings (SSSR count). The van der Waals surface area contributed by atoms with Gasteiger partial charge in [0.25, 0.3) is 0 Å². The number of phenolic OH excluding ortho intramolecular Hbond substituents is 3. The highest BCUT2D eigenvalue weighted by atomic mass is 79.9. The maximum Gasteiger partial charge on any atom is 0.160 e. The summed E-state index contributed by atoms with van der Waals surface area (Å²) >= 11 is 0. The van der Waals surface area contributed by atoms with Gasteiger partial charge in [0.1, 0.15) is 5.75 Å². The third kappa shape index (κ3) is 3.03. The second kappa shape index (κ2) is 6.81. The average Bonchev–Trinajstić information content (AvgIpc) is 2.74. The van der Waals surface area contributed by atoms with Gasteiger partial charge in [-0.25, -0.2) is 0 Å². The molecule has 2 aromatic rings. The zero-order valence-electron chi connectivity index (χ0n) is 13.3. The van der Waals surface area contributed by atoms with Crippen LogP contribution in [0.1, 0.15) is 33.7 Å². The van der Waals surface area contributed by atoms with Gasteiger partial charge >= 0.3 is 0 Å². The summed E-state index contributed by atoms with van der Waals surface area (Å²) in [5, 5.41) is 33.3. The summed E-state index contributed by atoms with van der Waals surface area (Å²) in [5.41, 5.74) is 4.77. The summed E-state index contributed by atoms with van der Waals surface area (Å²) in [5.74, 6) is 0.292. The van der Waals surface area contributed by atoms with E-state index in [2.05, 4.69) is 5.32 Å². The molecule has 124 valence electrons. The Morgan fingerprint density at radius 3 is 2.22 bits per heavy atom. The molecule has 0 aliphatic carbocycles. The number of nitrogens with one attached hydrogen (secondary N) is 1. The van der Waals surface area contributed by atoms with Crippen molar-refractivity contribution in [2.45, 2.75) is 26.2 Å². The van der Waals surface area contributed by atoms with Crippen LogP contribution in [-0.2, 0) is 6.42 Å². The number of fused-ring (bicyclic) bond motifs is 1. The molecule has 1 atom stereocenters. The van der Waals surface area contributed by atoms with Crippen molar-refractivity contribution in [3.8, 4) is 17.2 Å². The third-order valence-electron chi connectivity index (χ3n) is 4.66. The fraction of sp³-hybridized carbons (Fsp3) is 0.333. The molecule has 0 radical (unpaired) electrons. The number of rotatable bonds is 1. The van der Waals surface area contributed by atoms with Crippen molar-refractivity contribution in [1.29, 1.82) is 0 Å². The Labute approximate surface area is 146 Å². The van der Waals surface area contributed by atoms with Crippen LogP contribution < -0.4 is 5.32 Å². The van der Waals surface area contributed by atoms with Crippen LogP contribution in [0.5, 0.6) is 17.2 Å². The first-order valence-electron chi connectivity index (χ1n) is 7.54. The molecule has 1 aliphatic heterocycles. The molecule has 5 heteroatoms. The molecular formula is C18H22BrNO3. The van der Waals surface area contributed by atoms with Crippen LogP contribution in [0.2, 0.25) is 0 Å². The minimum absolute atomic E-state index is 0. The number of hydrogen-bond acceptors (Lipinski definition) is 4. The van der Waals surface area contributed by atoms with Crippen LogP contribution in [-0.4, -0.2) is 28.4 Å². The van der Waals surface area contributed by atoms with E-state index in [1.54, 1.807) is 12.1 Å². The molecule has 1 heterocycles. The Morgan fingerprint density at radius 1 is 0.957 bits per heavy atom. The first kappa shape index (κ1) is 17.6. The Hall–Kier alpha value is -1.72. The van der Waals surface area contributed by atoms with Crippen LogP contribution in [0.15, 0.2) is 24.3 Å². The lowest BCUT2D eigenvalue weighted by atomic mass is 9.82. The third-order valence-corrected chi connectivity index (χ3v) is 4.66. The van der Waals surface area contributed by atoms with Gasteiger partial charge in [0, 0.05) is 12.5 Å². The van der Waals surface area contributed by atoms with Crippen molar-refractivity contribution in [1.82, 2.24) is 5.32 Å². The van der Waals surface area contributed by atoms with Gasteiger partial charge in [-0.15, -0.1) is 17.0 Å². The number of halogens is 1. The fourth-order valence-electron chi connectivity index (χ4n) is 3.40. The number of aromatic hydroxyl groups is 3. The molecule has 0 aromatic heterocycles. The standard InChI is InChI=1S/C18H21NO3.BrH/c1-10-14-7-8-19-9-15(12-3-5-13(20)6-4-12)16(14)11(2)18(22)17(10)21;/h3-6,15,19-22H,7-9H2,1-2H3;1H. The highest BCUT2D eigenvalue weighted by molar-refractivity contribution is 8.93. The van der Waals surface area contributed by atoms with Crippen LogP contribution in [0.4, 0.5) is 0 Å². The topological polar surface area (TPSA) is 72.7 Å². The lowest BCUT2D eigenvalue weighted by molar-refractivity contribution is 0.396. The van der Waals surface area contributed by atoms with Crippen LogP contribution in [0, 0.1) is 13.8 Å². The average molecular weight is 380 g/mol. The number of phenols is 3. The van der Waals surface area contributed by atoms with Gasteiger partial charge < -0.3 is 20.6 Å². The molecule has 0 fully saturated rings. The van der Waals surface area contributed by atoms with E-state index < -0.39 is 0 Å². The monoisotopic (exact) mass is 379 g/mol. The lowest BCUT2D eigenvalue weighted by Crippen LogP contribution is -2.21. The van der Waals surface area contributed by atoms with E-state index in [0.29, 0.717) is 0 Å². The molecule has 0 saturated carbocycles. The van der Waals surface area contributed by atoms with Crippen LogP contribution in [0.25, 0.3) is 0 Å². The van der Waals surface area contributed by atoms with Gasteiger partial charge in [-0.1, -0.05) is 12.1 Å². The first-order chi connectivity index (χ1) is 10.5. The molecule has 0 spiro atoms. The summed E-state index contributed by atoms with van der Waals surface area (Å²) in [7, 11) is 0. The molecular weight excluding hydrogens is 358 g/mol. The second-order valence-corrected chi connectivity index (χ2v) is 5.94. The number of hydrogen-bond donors (Lipinski definition) is 4. The Bertz CT molecular complexity index is 713. The zero-order chi connectivity index (χ0) is 15.9. The first-order valence-corrected chi connectivity index (χ1v) is 7.54. The normalized spacial score (nSPS) is 17.0. The molecule has 4 nitrogen and oxygen atoms in total. The summed E-state index contributed by atoms with van der Waals surface area (Å²) in [4.78, 5) is 0. The smallest absolute Gasteiger partial charge is 0.160 e. The van der Waals surface area contributed by atoms with E-state index in [1.165, 1.54) is 0 Å². The van der Waals surface area contributed by atoms with Crippen LogP contribution in [0.3, 0.4) is 0 Å². The molecule has 0 bridgehead atoms. The summed E-state index contributed by atoms with van der Waals surface area (Å²) in [6.07, 6.45) is 0.824. The van der Waals surface area contributed by atoms with Crippen molar-refractivity contribution in [3.63, 3.8) is 0 Å². The molecule has 4 N–H and O–H groups in total. The summed E-state index contributed by atoms with van der Waals surface area (Å²) < 4.78 is 0. The van der Waals surface area contributed by atoms with Crippen molar-refractivity contribution in [2.75, 3.05) is 13.1 Å². The molecule has 2 aromatic carbocycles. The lowest BCUT2D eigenvalue weighted by Gasteiger charge is -2.23. The Balaban J connectivity index is 0.00000192. The summed E-state index contributed by atoms with van der Waals surface area (Å²) in [6, 6.07) is 7.19. The SMILES string of the molecule is Br.Cc1c(O)c(O)c(C)c2c1CCNCC2c1ccc(O)cc1. The van der Waals surface area contributed by atoms with E-state index in [-0.39, 0.29) is 40.1 Å². The highest BCUT2D eigenvalue weighted by Crippen LogP contribution is 2.43. The Kier molecular flexibility index (Phi) is 5.22. The maximum atomic E-state index is 10.2. The van der Waals surface area contributed by atoms with E-state index in [1.807, 2.05) is 26.0 Å². The Morgan fingerprint density at radius 2 is 1.57 bits per heavy atom. The van der Waals surface area contributed by atoms with Gasteiger partial charge in [0.05, 0.1) is 0 Å². The van der Waals surface area contributed by atoms with E-state index in [0.717, 1.165) is 47.3 Å². The fourth-order valence-corrected chi connectivity index (χ4v) is 3.40. The minimum atomic E-state index is -0.0260. The van der Waals surface area contributed by atoms with E-state index >= 15 is 0 Å². The largest absolute Gasteiger partial charge is 0.508 e. The van der Waals surface area contributed by atoms with E-state index in [4.69, 9.17) is 0 Å². The highest BCUT2D eigenvalue weighted by Gasteiger charge is 2.27. The van der Waals surface area contributed by atoms with Crippen molar-refractivity contribution < 1.29 is 15.3 Å². The second-order valence-electron chi connectivity index (χ2n) is 5.94. The molecule has 0 amide bonds. The van der Waals surface area contributed by atoms with Gasteiger partial charge in [0.15, 0.2) is 11.5 Å². The predicted molar refractivity (Wildman–Crippen MR) is 96.1 cm³/mol. The predicted octanol–water partition coefficient (Wildman–Crippen LogP) is 3.28. The zero-order valence-corrected chi connectivity index (χ0v) is 15.0. The van der Waals surface area contributed by atoms with Crippen LogP contribution >= 0.6 is 17.0 Å². The van der Waals surface area contributed by atoms with Crippen molar-refractivity contribution in [3.05, 3.63) is 52.1 Å². The van der Waals surface area contributed by atoms with Gasteiger partial charge in [-0.05, 0) is 66.8 Å². The molecule has 23 heavy (non-hydrogen) atoms. The minimum Gasteiger partial charge on any atom is -0.508 e. The van der Waals surface area contributed by atoms with Gasteiger partial charge in [-0.2, -0.15) is 0 Å². The van der Waals surface area contributed by atoms with Crippen molar-refractivity contribution in [2.24, 2.45) is 0 Å².